The Balaban J connectivity index is 4.86. The van der Waals surface area contributed by atoms with Crippen LogP contribution in [0.2, 0.25) is 12.1 Å². The molecule has 0 aromatic carbocycles. The molecule has 0 amide bonds. The van der Waals surface area contributed by atoms with E-state index in [0.717, 1.165) is 0 Å². The van der Waals surface area contributed by atoms with Gasteiger partial charge in [-0.1, -0.05) is 13.0 Å². The van der Waals surface area contributed by atoms with Crippen LogP contribution in [0.25, 0.3) is 0 Å². The first kappa shape index (κ1) is 12.9. The molecular formula is C10H24N2Si. The van der Waals surface area contributed by atoms with Gasteiger partial charge in [0.1, 0.15) is 0 Å². The summed E-state index contributed by atoms with van der Waals surface area (Å²) in [7, 11) is 7.23. The van der Waals surface area contributed by atoms with Crippen molar-refractivity contribution in [3.63, 3.8) is 0 Å². The van der Waals surface area contributed by atoms with Crippen LogP contribution < -0.4 is 0 Å². The van der Waals surface area contributed by atoms with Gasteiger partial charge in [0.05, 0.1) is 0 Å². The van der Waals surface area contributed by atoms with Crippen LogP contribution in [0.3, 0.4) is 0 Å². The van der Waals surface area contributed by atoms with Crippen LogP contribution in [0.4, 0.5) is 0 Å². The minimum Gasteiger partial charge on any atom is -0.317 e. The molecule has 0 aromatic rings. The van der Waals surface area contributed by atoms with Gasteiger partial charge in [-0.25, -0.2) is 0 Å². The second kappa shape index (κ2) is 4.93. The summed E-state index contributed by atoms with van der Waals surface area (Å²) in [6.45, 7) is 8.58. The van der Waals surface area contributed by atoms with E-state index in [4.69, 9.17) is 0 Å². The molecule has 0 N–H and O–H groups in total. The molecular weight excluding hydrogens is 176 g/mol. The Morgan fingerprint density at radius 1 is 1.23 bits per heavy atom. The van der Waals surface area contributed by atoms with Gasteiger partial charge >= 0.3 is 0 Å². The van der Waals surface area contributed by atoms with Crippen molar-refractivity contribution >= 4 is 8.40 Å². The third-order valence-electron chi connectivity index (χ3n) is 3.24. The number of nitrogens with zero attached hydrogens (tertiary/aromatic N) is 2. The van der Waals surface area contributed by atoms with E-state index in [-0.39, 0.29) is 0 Å². The fourth-order valence-corrected chi connectivity index (χ4v) is 5.19. The van der Waals surface area contributed by atoms with Crippen molar-refractivity contribution in [1.82, 2.24) is 9.13 Å². The summed E-state index contributed by atoms with van der Waals surface area (Å²) >= 11 is 0. The van der Waals surface area contributed by atoms with Gasteiger partial charge in [-0.15, -0.1) is 6.58 Å². The van der Waals surface area contributed by atoms with Crippen LogP contribution >= 0.6 is 0 Å². The Kier molecular flexibility index (Phi) is 4.89. The highest BCUT2D eigenvalue weighted by molar-refractivity contribution is 6.74. The van der Waals surface area contributed by atoms with Crippen molar-refractivity contribution in [2.24, 2.45) is 0 Å². The summed E-state index contributed by atoms with van der Waals surface area (Å²) in [4.78, 5) is 0. The van der Waals surface area contributed by atoms with Gasteiger partial charge in [-0.2, -0.15) is 0 Å². The van der Waals surface area contributed by atoms with Crippen molar-refractivity contribution in [2.45, 2.75) is 25.4 Å². The Morgan fingerprint density at radius 3 is 1.69 bits per heavy atom. The van der Waals surface area contributed by atoms with E-state index in [0.29, 0.717) is 5.54 Å². The van der Waals surface area contributed by atoms with E-state index in [1.54, 1.807) is 0 Å². The Bertz CT molecular complexity index is 158. The molecule has 0 bridgehead atoms. The van der Waals surface area contributed by atoms with Crippen molar-refractivity contribution < 1.29 is 0 Å². The summed E-state index contributed by atoms with van der Waals surface area (Å²) in [5.74, 6) is 0. The Labute approximate surface area is 84.4 Å². The first-order valence-electron chi connectivity index (χ1n) is 4.88. The molecule has 1 unspecified atom stereocenters. The molecule has 2 nitrogen and oxygen atoms in total. The van der Waals surface area contributed by atoms with E-state index in [2.05, 4.69) is 63.4 Å². The monoisotopic (exact) mass is 200 g/mol. The van der Waals surface area contributed by atoms with E-state index in [1.165, 1.54) is 6.42 Å². The smallest absolute Gasteiger partial charge is 0.209 e. The number of allylic oxidation sites excluding steroid dienone is 1. The first-order chi connectivity index (χ1) is 5.91. The fourth-order valence-electron chi connectivity index (χ4n) is 1.84. The minimum absolute atomic E-state index is 0.637. The standard InChI is InChI=1S/C10H24N2Si/c1-8-10(9-2)13(7,11(3)4)12(5)6/h8,10H,1,9H2,2-7H3. The van der Waals surface area contributed by atoms with Crippen LogP contribution in [0.5, 0.6) is 0 Å². The molecule has 0 heterocycles. The molecule has 78 valence electrons. The normalized spacial score (nSPS) is 15.1. The van der Waals surface area contributed by atoms with Crippen molar-refractivity contribution in [1.29, 1.82) is 0 Å². The third-order valence-corrected chi connectivity index (χ3v) is 8.91. The molecule has 0 saturated carbocycles. The maximum atomic E-state index is 3.94. The second-order valence-electron chi connectivity index (χ2n) is 4.13. The topological polar surface area (TPSA) is 6.48 Å². The average Bonchev–Trinajstić information content (AvgIpc) is 2.05. The zero-order chi connectivity index (χ0) is 10.6. The summed E-state index contributed by atoms with van der Waals surface area (Å²) in [6.07, 6.45) is 3.30. The molecule has 0 rings (SSSR count). The lowest BCUT2D eigenvalue weighted by Crippen LogP contribution is -2.60. The molecule has 0 aliphatic carbocycles. The minimum atomic E-state index is -1.48. The lowest BCUT2D eigenvalue weighted by molar-refractivity contribution is 0.468. The van der Waals surface area contributed by atoms with Crippen LogP contribution in [-0.4, -0.2) is 45.7 Å². The first-order valence-corrected chi connectivity index (χ1v) is 7.35. The molecule has 0 fully saturated rings. The molecule has 0 aliphatic heterocycles. The third kappa shape index (κ3) is 2.42. The summed E-state index contributed by atoms with van der Waals surface area (Å²) < 4.78 is 4.78. The van der Waals surface area contributed by atoms with Crippen molar-refractivity contribution in [2.75, 3.05) is 28.2 Å². The van der Waals surface area contributed by atoms with Crippen LogP contribution in [0, 0.1) is 0 Å². The molecule has 0 aliphatic rings. The van der Waals surface area contributed by atoms with E-state index in [1.807, 2.05) is 0 Å². The molecule has 0 radical (unpaired) electrons. The maximum absolute atomic E-state index is 3.94. The van der Waals surface area contributed by atoms with Crippen LogP contribution in [-0.2, 0) is 0 Å². The Hall–Kier alpha value is -0.123. The molecule has 13 heavy (non-hydrogen) atoms. The van der Waals surface area contributed by atoms with Gasteiger partial charge < -0.3 is 9.13 Å². The number of hydrogen-bond donors (Lipinski definition) is 0. The van der Waals surface area contributed by atoms with E-state index >= 15 is 0 Å². The maximum Gasteiger partial charge on any atom is 0.209 e. The molecule has 0 saturated heterocycles. The fraction of sp³-hybridized carbons (Fsp3) is 0.800. The molecule has 0 spiro atoms. The predicted octanol–water partition coefficient (Wildman–Crippen LogP) is 2.15. The quantitative estimate of drug-likeness (QED) is 0.496. The van der Waals surface area contributed by atoms with Gasteiger partial charge in [0.2, 0.25) is 8.40 Å². The van der Waals surface area contributed by atoms with Gasteiger partial charge in [-0.3, -0.25) is 0 Å². The zero-order valence-electron chi connectivity index (χ0n) is 9.96. The summed E-state index contributed by atoms with van der Waals surface area (Å²) in [6, 6.07) is 0. The van der Waals surface area contributed by atoms with Gasteiger partial charge in [-0.05, 0) is 46.7 Å². The van der Waals surface area contributed by atoms with Crippen molar-refractivity contribution in [3.8, 4) is 0 Å². The Morgan fingerprint density at radius 2 is 1.62 bits per heavy atom. The second-order valence-corrected chi connectivity index (χ2v) is 8.85. The highest BCUT2D eigenvalue weighted by atomic mass is 28.3. The summed E-state index contributed by atoms with van der Waals surface area (Å²) in [5, 5.41) is 0. The lowest BCUT2D eigenvalue weighted by atomic mass is 10.3. The number of hydrogen-bond acceptors (Lipinski definition) is 2. The van der Waals surface area contributed by atoms with Crippen molar-refractivity contribution in [3.05, 3.63) is 12.7 Å². The number of rotatable bonds is 5. The van der Waals surface area contributed by atoms with Crippen LogP contribution in [0.15, 0.2) is 12.7 Å². The predicted molar refractivity (Wildman–Crippen MR) is 63.2 cm³/mol. The highest BCUT2D eigenvalue weighted by Gasteiger charge is 2.39. The zero-order valence-corrected chi connectivity index (χ0v) is 11.0. The van der Waals surface area contributed by atoms with Crippen LogP contribution in [0.1, 0.15) is 13.3 Å². The largest absolute Gasteiger partial charge is 0.317 e. The van der Waals surface area contributed by atoms with E-state index in [9.17, 15) is 0 Å². The highest BCUT2D eigenvalue weighted by Crippen LogP contribution is 2.29. The SMILES string of the molecule is C=CC(CC)[Si](C)(N(C)C)N(C)C. The van der Waals surface area contributed by atoms with Gasteiger partial charge in [0, 0.05) is 0 Å². The average molecular weight is 200 g/mol. The summed E-state index contributed by atoms with van der Waals surface area (Å²) in [5.41, 5.74) is 0.637. The molecule has 3 heteroatoms. The van der Waals surface area contributed by atoms with E-state index < -0.39 is 8.40 Å². The van der Waals surface area contributed by atoms with Gasteiger partial charge in [0.15, 0.2) is 0 Å². The molecule has 1 atom stereocenters. The molecule has 0 aromatic heterocycles. The van der Waals surface area contributed by atoms with Gasteiger partial charge in [0.25, 0.3) is 0 Å². The lowest BCUT2D eigenvalue weighted by Gasteiger charge is -2.44.